The average molecular weight is 505 g/mol. The van der Waals surface area contributed by atoms with Crippen molar-refractivity contribution in [3.63, 3.8) is 0 Å². The summed E-state index contributed by atoms with van der Waals surface area (Å²) in [5.74, 6) is 2.66. The molecule has 1 aliphatic rings. The Morgan fingerprint density at radius 1 is 1.03 bits per heavy atom. The molecule has 7 heteroatoms. The first-order valence-corrected chi connectivity index (χ1v) is 14.0. The number of ketones is 1. The quantitative estimate of drug-likeness (QED) is 0.249. The molecular weight excluding hydrogens is 474 g/mol. The van der Waals surface area contributed by atoms with Gasteiger partial charge >= 0.3 is 5.95 Å². The molecule has 5 rings (SSSR count). The number of rotatable bonds is 6. The van der Waals surface area contributed by atoms with Gasteiger partial charge in [-0.1, -0.05) is 44.8 Å². The van der Waals surface area contributed by atoms with Crippen LogP contribution in [0, 0.1) is 6.92 Å². The number of aromatic amines is 1. The minimum Gasteiger partial charge on any atom is -0.496 e. The van der Waals surface area contributed by atoms with Crippen LogP contribution in [0.3, 0.4) is 0 Å². The highest BCUT2D eigenvalue weighted by Gasteiger charge is 2.50. The molecule has 0 atom stereocenters. The third-order valence-corrected chi connectivity index (χ3v) is 9.36. The van der Waals surface area contributed by atoms with Gasteiger partial charge in [-0.3, -0.25) is 4.79 Å². The van der Waals surface area contributed by atoms with Crippen molar-refractivity contribution in [1.29, 1.82) is 0 Å². The third kappa shape index (κ3) is 3.95. The minimum atomic E-state index is -0.521. The van der Waals surface area contributed by atoms with Crippen molar-refractivity contribution < 1.29 is 14.1 Å². The summed E-state index contributed by atoms with van der Waals surface area (Å²) in [7, 11) is 5.25. The molecule has 35 heavy (non-hydrogen) atoms. The Hall–Kier alpha value is -2.77. The number of imidazole rings is 1. The molecule has 1 N–H and O–H groups in total. The summed E-state index contributed by atoms with van der Waals surface area (Å²) >= 11 is 0. The van der Waals surface area contributed by atoms with E-state index in [9.17, 15) is 4.79 Å². The Morgan fingerprint density at radius 3 is 2.40 bits per heavy atom. The van der Waals surface area contributed by atoms with Crippen LogP contribution in [0.2, 0.25) is 0 Å². The molecule has 0 saturated heterocycles. The first-order valence-electron chi connectivity index (χ1n) is 11.7. The van der Waals surface area contributed by atoms with Gasteiger partial charge in [-0.15, -0.1) is 0 Å². The molecule has 0 unspecified atom stereocenters. The maximum absolute atomic E-state index is 13.1. The van der Waals surface area contributed by atoms with Crippen molar-refractivity contribution in [3.05, 3.63) is 77.1 Å². The Labute approximate surface area is 214 Å². The van der Waals surface area contributed by atoms with Gasteiger partial charge in [0.25, 0.3) is 0 Å². The van der Waals surface area contributed by atoms with Gasteiger partial charge < -0.3 is 4.74 Å². The number of benzene rings is 2. The molecule has 180 valence electrons. The van der Waals surface area contributed by atoms with Gasteiger partial charge in [0.2, 0.25) is 0 Å². The predicted molar refractivity (Wildman–Crippen MR) is 144 cm³/mol. The molecule has 0 fully saturated rings. The largest absolute Gasteiger partial charge is 0.496 e. The second-order valence-corrected chi connectivity index (χ2v) is 12.4. The molecule has 0 amide bonds. The Balaban J connectivity index is 1.55. The number of fused-ring (bicyclic) bond motifs is 2. The maximum atomic E-state index is 13.1. The van der Waals surface area contributed by atoms with E-state index in [0.717, 1.165) is 50.9 Å². The fourth-order valence-corrected chi connectivity index (χ4v) is 7.31. The number of hydrogen-bond acceptors (Lipinski definition) is 5. The summed E-state index contributed by atoms with van der Waals surface area (Å²) in [6.07, 6.45) is 2.01. The fourth-order valence-electron chi connectivity index (χ4n) is 5.12. The zero-order valence-electron chi connectivity index (χ0n) is 20.9. The van der Waals surface area contributed by atoms with Gasteiger partial charge in [-0.05, 0) is 70.0 Å². The standard InChI is InChI=1S/C28H30N3O2S2/c1-17-23(16-34-35-18-10-8-7-9-11-18)31(13-12-24(17)33-6)26-29-21-14-19-20(15-22(21)30-26)28(4,5)25(32)27(19,2)3/h7-15H,16H2,1-6H3,(H,29,30)/q+1. The molecule has 0 spiro atoms. The summed E-state index contributed by atoms with van der Waals surface area (Å²) in [5, 5.41) is 0. The van der Waals surface area contributed by atoms with Crippen LogP contribution < -0.4 is 9.30 Å². The Morgan fingerprint density at radius 2 is 1.71 bits per heavy atom. The number of pyridine rings is 1. The lowest BCUT2D eigenvalue weighted by atomic mass is 9.80. The number of aromatic nitrogens is 3. The van der Waals surface area contributed by atoms with Crippen LogP contribution >= 0.6 is 21.6 Å². The molecule has 0 aliphatic heterocycles. The van der Waals surface area contributed by atoms with Crippen LogP contribution in [0.1, 0.15) is 50.1 Å². The van der Waals surface area contributed by atoms with Crippen LogP contribution in [0.4, 0.5) is 0 Å². The number of ether oxygens (including phenoxy) is 1. The lowest BCUT2D eigenvalue weighted by Crippen LogP contribution is -2.37. The topological polar surface area (TPSA) is 58.9 Å². The number of hydrogen-bond donors (Lipinski definition) is 1. The van der Waals surface area contributed by atoms with Gasteiger partial charge in [-0.25, -0.2) is 9.55 Å². The Kier molecular flexibility index (Phi) is 5.96. The van der Waals surface area contributed by atoms with E-state index in [-0.39, 0.29) is 5.78 Å². The van der Waals surface area contributed by atoms with Crippen molar-refractivity contribution >= 4 is 38.4 Å². The van der Waals surface area contributed by atoms with Gasteiger partial charge in [0.05, 0.1) is 19.1 Å². The third-order valence-electron chi connectivity index (χ3n) is 7.10. The molecule has 0 saturated carbocycles. The monoisotopic (exact) mass is 504 g/mol. The minimum absolute atomic E-state index is 0.253. The van der Waals surface area contributed by atoms with Crippen molar-refractivity contribution in [3.8, 4) is 11.7 Å². The summed E-state index contributed by atoms with van der Waals surface area (Å²) in [5.41, 5.74) is 5.15. The van der Waals surface area contributed by atoms with E-state index in [4.69, 9.17) is 9.72 Å². The molecule has 2 aromatic heterocycles. The van der Waals surface area contributed by atoms with Crippen LogP contribution in [-0.2, 0) is 21.4 Å². The number of Topliss-reactive ketones (excluding diaryl/α,β-unsaturated/α-hetero) is 1. The second kappa shape index (κ2) is 8.71. The first-order chi connectivity index (χ1) is 16.6. The highest BCUT2D eigenvalue weighted by Crippen LogP contribution is 2.47. The van der Waals surface area contributed by atoms with Crippen molar-refractivity contribution in [2.45, 2.75) is 56.1 Å². The maximum Gasteiger partial charge on any atom is 0.402 e. The van der Waals surface area contributed by atoms with E-state index in [0.29, 0.717) is 0 Å². The summed E-state index contributed by atoms with van der Waals surface area (Å²) < 4.78 is 7.73. The van der Waals surface area contributed by atoms with Crippen molar-refractivity contribution in [1.82, 2.24) is 9.97 Å². The number of carbonyl (C=O) groups excluding carboxylic acids is 1. The molecule has 2 heterocycles. The summed E-state index contributed by atoms with van der Waals surface area (Å²) in [4.78, 5) is 22.8. The van der Waals surface area contributed by atoms with Crippen LogP contribution in [0.5, 0.6) is 5.75 Å². The molecule has 4 aromatic rings. The van der Waals surface area contributed by atoms with Crippen molar-refractivity contribution in [2.75, 3.05) is 7.11 Å². The number of H-pyrrole nitrogens is 1. The van der Waals surface area contributed by atoms with Crippen LogP contribution in [0.15, 0.2) is 59.6 Å². The number of nitrogens with one attached hydrogen (secondary N) is 1. The van der Waals surface area contributed by atoms with E-state index in [1.165, 1.54) is 4.90 Å². The molecule has 2 aromatic carbocycles. The number of methoxy groups -OCH3 is 1. The van der Waals surface area contributed by atoms with Gasteiger partial charge in [-0.2, -0.15) is 0 Å². The summed E-state index contributed by atoms with van der Waals surface area (Å²) in [6.45, 7) is 10.2. The molecule has 1 aliphatic carbocycles. The van der Waals surface area contributed by atoms with Crippen LogP contribution in [0.25, 0.3) is 17.0 Å². The predicted octanol–water partition coefficient (Wildman–Crippen LogP) is 6.24. The Bertz CT molecular complexity index is 1390. The normalized spacial score (nSPS) is 16.0. The second-order valence-electron chi connectivity index (χ2n) is 10.0. The zero-order valence-corrected chi connectivity index (χ0v) is 22.6. The van der Waals surface area contributed by atoms with E-state index in [1.54, 1.807) is 28.7 Å². The molecule has 5 nitrogen and oxygen atoms in total. The first kappa shape index (κ1) is 23.9. The zero-order chi connectivity index (χ0) is 25.0. The average Bonchev–Trinajstić information content (AvgIpc) is 3.31. The van der Waals surface area contributed by atoms with E-state index < -0.39 is 10.8 Å². The number of carbonyl (C=O) groups is 1. The lowest BCUT2D eigenvalue weighted by Gasteiger charge is -2.21. The highest BCUT2D eigenvalue weighted by molar-refractivity contribution is 8.76. The summed E-state index contributed by atoms with van der Waals surface area (Å²) in [6, 6.07) is 16.6. The van der Waals surface area contributed by atoms with Gasteiger partial charge in [0.15, 0.2) is 11.3 Å². The van der Waals surface area contributed by atoms with E-state index in [1.807, 2.05) is 46.0 Å². The lowest BCUT2D eigenvalue weighted by molar-refractivity contribution is -0.610. The number of nitrogens with zero attached hydrogens (tertiary/aromatic N) is 2. The fraction of sp³-hybridized carbons (Fsp3) is 0.321. The SMILES string of the molecule is COc1cc[n+](-c2nc3cc4c(cc3[nH]2)C(C)(C)C(=O)C4(C)C)c(CSSc2ccccc2)c1C. The van der Waals surface area contributed by atoms with Crippen molar-refractivity contribution in [2.24, 2.45) is 0 Å². The highest BCUT2D eigenvalue weighted by atomic mass is 33.1. The van der Waals surface area contributed by atoms with E-state index >= 15 is 0 Å². The van der Waals surface area contributed by atoms with E-state index in [2.05, 4.69) is 52.9 Å². The van der Waals surface area contributed by atoms with Gasteiger partial charge in [0, 0.05) is 27.4 Å². The molecular formula is C28H30N3O2S2+. The smallest absolute Gasteiger partial charge is 0.402 e. The van der Waals surface area contributed by atoms with Gasteiger partial charge in [0.1, 0.15) is 17.0 Å². The molecule has 0 radical (unpaired) electrons. The van der Waals surface area contributed by atoms with Crippen LogP contribution in [-0.4, -0.2) is 22.9 Å². The molecule has 0 bridgehead atoms.